The highest BCUT2D eigenvalue weighted by atomic mass is 19.1. The van der Waals surface area contributed by atoms with Gasteiger partial charge in [0.05, 0.1) is 6.61 Å². The van der Waals surface area contributed by atoms with Gasteiger partial charge in [-0.05, 0) is 36.6 Å². The van der Waals surface area contributed by atoms with Crippen molar-refractivity contribution in [3.63, 3.8) is 0 Å². The molecule has 0 unspecified atom stereocenters. The largest absolute Gasteiger partial charge is 0.437 e. The number of aliphatic hydroxyl groups excluding tert-OH is 1. The minimum atomic E-state index is -0.677. The number of aliphatic hydroxyl groups is 1. The van der Waals surface area contributed by atoms with E-state index in [4.69, 9.17) is 4.42 Å². The number of pyridine rings is 1. The molecule has 0 fully saturated rings. The summed E-state index contributed by atoms with van der Waals surface area (Å²) in [7, 11) is 0. The van der Waals surface area contributed by atoms with Gasteiger partial charge in [-0.2, -0.15) is 0 Å². The molecule has 5 nitrogen and oxygen atoms in total. The number of H-pyrrole nitrogens is 1. The average Bonchev–Trinajstić information content (AvgIpc) is 3.02. The number of nitrogens with one attached hydrogen (secondary N) is 1. The van der Waals surface area contributed by atoms with Crippen LogP contribution in [0.25, 0.3) is 11.1 Å². The van der Waals surface area contributed by atoms with Gasteiger partial charge in [0.25, 0.3) is 5.56 Å². The molecular weight excluding hydrogens is 318 g/mol. The Balaban J connectivity index is 1.87. The molecule has 0 amide bonds. The molecule has 0 saturated carbocycles. The molecule has 0 saturated heterocycles. The van der Waals surface area contributed by atoms with Gasteiger partial charge < -0.3 is 14.5 Å². The Kier molecular flexibility index (Phi) is 4.44. The molecule has 0 spiro atoms. The zero-order valence-corrected chi connectivity index (χ0v) is 13.0. The van der Waals surface area contributed by atoms with Crippen molar-refractivity contribution in [2.75, 3.05) is 0 Å². The number of hydrogen-bond donors (Lipinski definition) is 2. The number of rotatable bonds is 5. The number of benzene rings is 1. The van der Waals surface area contributed by atoms with Gasteiger partial charge in [0.2, 0.25) is 0 Å². The Hall–Kier alpha value is -2.54. The van der Waals surface area contributed by atoms with Crippen LogP contribution >= 0.6 is 0 Å². The topological polar surface area (TPSA) is 79.1 Å². The Morgan fingerprint density at radius 1 is 1.21 bits per heavy atom. The summed E-state index contributed by atoms with van der Waals surface area (Å²) in [6.45, 7) is 1.69. The predicted molar refractivity (Wildman–Crippen MR) is 83.7 cm³/mol. The first-order chi connectivity index (χ1) is 11.5. The SMILES string of the molecule is CCc1cc(CCc2nc3c(F)ccc(F)c3o2)c(=O)[nH]c1CO. The number of nitrogens with zero attached hydrogens (tertiary/aromatic N) is 1. The molecule has 126 valence electrons. The quantitative estimate of drug-likeness (QED) is 0.752. The maximum Gasteiger partial charge on any atom is 0.251 e. The minimum Gasteiger partial charge on any atom is -0.437 e. The third-order valence-corrected chi connectivity index (χ3v) is 3.93. The predicted octanol–water partition coefficient (Wildman–Crippen LogP) is 2.63. The van der Waals surface area contributed by atoms with Gasteiger partial charge in [-0.1, -0.05) is 6.92 Å². The molecule has 0 radical (unpaired) electrons. The van der Waals surface area contributed by atoms with Crippen LogP contribution in [0.1, 0.15) is 29.6 Å². The van der Waals surface area contributed by atoms with E-state index in [0.717, 1.165) is 17.7 Å². The summed E-state index contributed by atoms with van der Waals surface area (Å²) in [6.07, 6.45) is 1.21. The lowest BCUT2D eigenvalue weighted by Gasteiger charge is -2.07. The van der Waals surface area contributed by atoms with Crippen molar-refractivity contribution in [1.82, 2.24) is 9.97 Å². The van der Waals surface area contributed by atoms with E-state index in [9.17, 15) is 18.7 Å². The molecule has 24 heavy (non-hydrogen) atoms. The van der Waals surface area contributed by atoms with Gasteiger partial charge in [-0.15, -0.1) is 0 Å². The van der Waals surface area contributed by atoms with Crippen LogP contribution < -0.4 is 5.56 Å². The normalized spacial score (nSPS) is 11.3. The summed E-state index contributed by atoms with van der Waals surface area (Å²) >= 11 is 0. The van der Waals surface area contributed by atoms with E-state index < -0.39 is 11.6 Å². The molecular formula is C17H16F2N2O3. The molecule has 0 bridgehead atoms. The number of aromatic nitrogens is 2. The second-order valence-electron chi connectivity index (χ2n) is 5.45. The summed E-state index contributed by atoms with van der Waals surface area (Å²) in [5.74, 6) is -1.17. The number of aryl methyl sites for hydroxylation is 3. The van der Waals surface area contributed by atoms with Crippen LogP contribution in [-0.4, -0.2) is 15.1 Å². The molecule has 2 aromatic heterocycles. The van der Waals surface area contributed by atoms with Gasteiger partial charge in [0.15, 0.2) is 23.1 Å². The van der Waals surface area contributed by atoms with Crippen LogP contribution in [0.3, 0.4) is 0 Å². The molecule has 0 aliphatic carbocycles. The summed E-state index contributed by atoms with van der Waals surface area (Å²) in [6, 6.07) is 3.71. The van der Waals surface area contributed by atoms with Gasteiger partial charge in [-0.25, -0.2) is 13.8 Å². The summed E-state index contributed by atoms with van der Waals surface area (Å²) in [4.78, 5) is 18.6. The van der Waals surface area contributed by atoms with Crippen molar-refractivity contribution in [1.29, 1.82) is 0 Å². The first-order valence-corrected chi connectivity index (χ1v) is 7.61. The second-order valence-corrected chi connectivity index (χ2v) is 5.45. The van der Waals surface area contributed by atoms with E-state index in [1.807, 2.05) is 6.92 Å². The lowest BCUT2D eigenvalue weighted by molar-refractivity contribution is 0.275. The van der Waals surface area contributed by atoms with Crippen molar-refractivity contribution in [2.24, 2.45) is 0 Å². The number of oxazole rings is 1. The van der Waals surface area contributed by atoms with E-state index in [1.54, 1.807) is 6.07 Å². The van der Waals surface area contributed by atoms with Gasteiger partial charge in [0, 0.05) is 17.7 Å². The molecule has 0 aliphatic rings. The third-order valence-electron chi connectivity index (χ3n) is 3.93. The highest BCUT2D eigenvalue weighted by molar-refractivity contribution is 5.73. The molecule has 1 aromatic carbocycles. The van der Waals surface area contributed by atoms with Crippen LogP contribution in [0.2, 0.25) is 0 Å². The van der Waals surface area contributed by atoms with Crippen molar-refractivity contribution < 1.29 is 18.3 Å². The third kappa shape index (κ3) is 2.94. The minimum absolute atomic E-state index is 0.149. The highest BCUT2D eigenvalue weighted by Crippen LogP contribution is 2.22. The Morgan fingerprint density at radius 3 is 2.62 bits per heavy atom. The number of halogens is 2. The molecule has 2 heterocycles. The lowest BCUT2D eigenvalue weighted by atomic mass is 10.1. The molecule has 3 aromatic rings. The van der Waals surface area contributed by atoms with Crippen molar-refractivity contribution in [3.8, 4) is 0 Å². The maximum absolute atomic E-state index is 13.6. The second kappa shape index (κ2) is 6.52. The van der Waals surface area contributed by atoms with Crippen LogP contribution in [0.4, 0.5) is 8.78 Å². The highest BCUT2D eigenvalue weighted by Gasteiger charge is 2.15. The van der Waals surface area contributed by atoms with Crippen LogP contribution in [0, 0.1) is 11.6 Å². The van der Waals surface area contributed by atoms with E-state index >= 15 is 0 Å². The fourth-order valence-electron chi connectivity index (χ4n) is 2.64. The van der Waals surface area contributed by atoms with Crippen molar-refractivity contribution in [3.05, 3.63) is 62.9 Å². The van der Waals surface area contributed by atoms with E-state index in [2.05, 4.69) is 9.97 Å². The molecule has 0 aliphatic heterocycles. The van der Waals surface area contributed by atoms with Gasteiger partial charge in [-0.3, -0.25) is 4.79 Å². The van der Waals surface area contributed by atoms with Crippen molar-refractivity contribution in [2.45, 2.75) is 32.8 Å². The fourth-order valence-corrected chi connectivity index (χ4v) is 2.64. The zero-order valence-electron chi connectivity index (χ0n) is 13.0. The Bertz CT molecular complexity index is 908. The molecule has 3 rings (SSSR count). The Morgan fingerprint density at radius 2 is 1.96 bits per heavy atom. The van der Waals surface area contributed by atoms with Gasteiger partial charge in [0.1, 0.15) is 5.52 Å². The smallest absolute Gasteiger partial charge is 0.251 e. The number of aromatic amines is 1. The molecule has 0 atom stereocenters. The fraction of sp³-hybridized carbons (Fsp3) is 0.294. The van der Waals surface area contributed by atoms with E-state index in [-0.39, 0.29) is 35.6 Å². The number of fused-ring (bicyclic) bond motifs is 1. The zero-order chi connectivity index (χ0) is 17.3. The molecule has 7 heteroatoms. The monoisotopic (exact) mass is 334 g/mol. The molecule has 2 N–H and O–H groups in total. The van der Waals surface area contributed by atoms with Gasteiger partial charge >= 0.3 is 0 Å². The average molecular weight is 334 g/mol. The van der Waals surface area contributed by atoms with E-state index in [1.165, 1.54) is 0 Å². The summed E-state index contributed by atoms with van der Waals surface area (Å²) in [5.41, 5.74) is 1.18. The van der Waals surface area contributed by atoms with Crippen LogP contribution in [0.15, 0.2) is 27.4 Å². The van der Waals surface area contributed by atoms with Crippen LogP contribution in [0.5, 0.6) is 0 Å². The Labute approximate surface area is 136 Å². The number of hydrogen-bond acceptors (Lipinski definition) is 4. The standard InChI is InChI=1S/C17H16F2N2O3/c1-2-9-7-10(17(23)20-13(9)8-22)3-6-14-21-15-11(18)4-5-12(19)16(15)24-14/h4-5,7,22H,2-3,6,8H2,1H3,(H,20,23). The summed E-state index contributed by atoms with van der Waals surface area (Å²) < 4.78 is 32.5. The van der Waals surface area contributed by atoms with E-state index in [0.29, 0.717) is 24.1 Å². The van der Waals surface area contributed by atoms with Crippen molar-refractivity contribution >= 4 is 11.1 Å². The lowest BCUT2D eigenvalue weighted by Crippen LogP contribution is -2.17. The maximum atomic E-state index is 13.6. The van der Waals surface area contributed by atoms with Crippen LogP contribution in [-0.2, 0) is 25.9 Å². The first-order valence-electron chi connectivity index (χ1n) is 7.61. The first kappa shape index (κ1) is 16.3. The summed E-state index contributed by atoms with van der Waals surface area (Å²) in [5, 5.41) is 9.24.